The lowest BCUT2D eigenvalue weighted by Gasteiger charge is -1.89. The molecule has 1 heterocycles. The van der Waals surface area contributed by atoms with E-state index in [0.717, 1.165) is 18.7 Å². The van der Waals surface area contributed by atoms with E-state index in [1.165, 1.54) is 12.1 Å². The number of aryl methyl sites for hydroxylation is 2. The summed E-state index contributed by atoms with van der Waals surface area (Å²) in [5.74, 6) is 1.10. The maximum Gasteiger partial charge on any atom is 0.105 e. The average Bonchev–Trinajstić information content (AvgIpc) is 2.37. The number of hydrogen-bond donors (Lipinski definition) is 1. The highest BCUT2D eigenvalue weighted by Crippen LogP contribution is 2.00. The van der Waals surface area contributed by atoms with Crippen molar-refractivity contribution in [2.24, 2.45) is 0 Å². The van der Waals surface area contributed by atoms with Crippen LogP contribution in [0.2, 0.25) is 0 Å². The van der Waals surface area contributed by atoms with E-state index in [-0.39, 0.29) is 0 Å². The second-order valence-electron chi connectivity index (χ2n) is 2.46. The van der Waals surface area contributed by atoms with Crippen molar-refractivity contribution in [1.82, 2.24) is 9.97 Å². The fourth-order valence-electron chi connectivity index (χ4n) is 0.982. The van der Waals surface area contributed by atoms with Gasteiger partial charge in [0.25, 0.3) is 0 Å². The van der Waals surface area contributed by atoms with Crippen molar-refractivity contribution in [3.05, 3.63) is 17.7 Å². The molecule has 0 amide bonds. The molecule has 0 saturated carbocycles. The molecule has 0 fully saturated rings. The summed E-state index contributed by atoms with van der Waals surface area (Å²) >= 11 is 0. The molecule has 1 rings (SSSR count). The van der Waals surface area contributed by atoms with Gasteiger partial charge in [-0.25, -0.2) is 4.98 Å². The summed E-state index contributed by atoms with van der Waals surface area (Å²) in [6.07, 6.45) is 5.24. The van der Waals surface area contributed by atoms with Crippen LogP contribution in [-0.4, -0.2) is 9.97 Å². The van der Waals surface area contributed by atoms with E-state index in [1.807, 2.05) is 6.20 Å². The molecule has 0 bridgehead atoms. The Bertz CT molecular complexity index is 191. The molecule has 2 nitrogen and oxygen atoms in total. The van der Waals surface area contributed by atoms with Gasteiger partial charge in [0.1, 0.15) is 5.82 Å². The van der Waals surface area contributed by atoms with Gasteiger partial charge in [0.15, 0.2) is 0 Å². The number of imidazole rings is 1. The van der Waals surface area contributed by atoms with Crippen LogP contribution in [-0.2, 0) is 12.8 Å². The normalized spacial score (nSPS) is 10.2. The van der Waals surface area contributed by atoms with Crippen molar-refractivity contribution in [2.45, 2.75) is 33.1 Å². The molecule has 0 aliphatic rings. The maximum atomic E-state index is 4.20. The third-order valence-electron chi connectivity index (χ3n) is 1.54. The second-order valence-corrected chi connectivity index (χ2v) is 2.46. The molecule has 0 spiro atoms. The van der Waals surface area contributed by atoms with Gasteiger partial charge < -0.3 is 4.98 Å². The molecular weight excluding hydrogens is 124 g/mol. The highest BCUT2D eigenvalue weighted by Gasteiger charge is 1.95. The smallest absolute Gasteiger partial charge is 0.105 e. The predicted molar refractivity (Wildman–Crippen MR) is 42.0 cm³/mol. The molecule has 0 saturated heterocycles. The molecule has 10 heavy (non-hydrogen) atoms. The lowest BCUT2D eigenvalue weighted by atomic mass is 10.3. The van der Waals surface area contributed by atoms with Crippen LogP contribution in [0.5, 0.6) is 0 Å². The van der Waals surface area contributed by atoms with Gasteiger partial charge in [-0.3, -0.25) is 0 Å². The Morgan fingerprint density at radius 1 is 1.50 bits per heavy atom. The van der Waals surface area contributed by atoms with E-state index in [4.69, 9.17) is 0 Å². The topological polar surface area (TPSA) is 28.7 Å². The Balaban J connectivity index is 2.59. The lowest BCUT2D eigenvalue weighted by molar-refractivity contribution is 0.879. The van der Waals surface area contributed by atoms with Gasteiger partial charge in [0.05, 0.1) is 0 Å². The Morgan fingerprint density at radius 2 is 2.30 bits per heavy atom. The van der Waals surface area contributed by atoms with Crippen LogP contribution in [0.25, 0.3) is 0 Å². The molecule has 0 unspecified atom stereocenters. The van der Waals surface area contributed by atoms with Gasteiger partial charge in [0.2, 0.25) is 0 Å². The number of hydrogen-bond acceptors (Lipinski definition) is 1. The van der Waals surface area contributed by atoms with E-state index < -0.39 is 0 Å². The highest BCUT2D eigenvalue weighted by molar-refractivity contribution is 5.00. The third kappa shape index (κ3) is 1.59. The Kier molecular flexibility index (Phi) is 2.49. The van der Waals surface area contributed by atoms with Gasteiger partial charge >= 0.3 is 0 Å². The largest absolute Gasteiger partial charge is 0.346 e. The molecule has 0 radical (unpaired) electrons. The zero-order valence-electron chi connectivity index (χ0n) is 6.65. The molecule has 0 aliphatic carbocycles. The first-order chi connectivity index (χ1) is 4.86. The van der Waals surface area contributed by atoms with Crippen molar-refractivity contribution in [2.75, 3.05) is 0 Å². The van der Waals surface area contributed by atoms with Gasteiger partial charge in [-0.2, -0.15) is 0 Å². The first-order valence-corrected chi connectivity index (χ1v) is 3.89. The molecule has 1 aromatic rings. The molecule has 1 N–H and O–H groups in total. The van der Waals surface area contributed by atoms with Gasteiger partial charge in [-0.15, -0.1) is 0 Å². The van der Waals surface area contributed by atoms with Gasteiger partial charge in [0, 0.05) is 18.3 Å². The van der Waals surface area contributed by atoms with Crippen LogP contribution in [0.4, 0.5) is 0 Å². The Morgan fingerprint density at radius 3 is 2.80 bits per heavy atom. The van der Waals surface area contributed by atoms with E-state index in [9.17, 15) is 0 Å². The van der Waals surface area contributed by atoms with Crippen LogP contribution < -0.4 is 0 Å². The summed E-state index contributed by atoms with van der Waals surface area (Å²) < 4.78 is 0. The molecule has 56 valence electrons. The van der Waals surface area contributed by atoms with Crippen molar-refractivity contribution in [3.8, 4) is 0 Å². The van der Waals surface area contributed by atoms with Crippen LogP contribution in [0, 0.1) is 0 Å². The molecule has 1 aromatic heterocycles. The third-order valence-corrected chi connectivity index (χ3v) is 1.54. The van der Waals surface area contributed by atoms with E-state index in [1.54, 1.807) is 0 Å². The van der Waals surface area contributed by atoms with Crippen LogP contribution in [0.1, 0.15) is 31.8 Å². The number of nitrogens with one attached hydrogen (secondary N) is 1. The average molecular weight is 138 g/mol. The van der Waals surface area contributed by atoms with Gasteiger partial charge in [-0.05, 0) is 6.42 Å². The minimum absolute atomic E-state index is 1.00. The first kappa shape index (κ1) is 7.32. The standard InChI is InChI=1S/C8H14N2/c1-3-5-7-6-9-8(4-2)10-7/h6H,3-5H2,1-2H3,(H,9,10). The zero-order valence-corrected chi connectivity index (χ0v) is 6.65. The number of H-pyrrole nitrogens is 1. The van der Waals surface area contributed by atoms with Crippen molar-refractivity contribution in [1.29, 1.82) is 0 Å². The second kappa shape index (κ2) is 3.40. The van der Waals surface area contributed by atoms with Gasteiger partial charge in [-0.1, -0.05) is 20.3 Å². The monoisotopic (exact) mass is 138 g/mol. The fourth-order valence-corrected chi connectivity index (χ4v) is 0.982. The minimum atomic E-state index is 1.00. The van der Waals surface area contributed by atoms with E-state index >= 15 is 0 Å². The summed E-state index contributed by atoms with van der Waals surface area (Å²) in [7, 11) is 0. The molecule has 0 atom stereocenters. The fraction of sp³-hybridized carbons (Fsp3) is 0.625. The van der Waals surface area contributed by atoms with Crippen LogP contribution in [0.3, 0.4) is 0 Å². The van der Waals surface area contributed by atoms with Crippen LogP contribution >= 0.6 is 0 Å². The molecule has 0 aromatic carbocycles. The quantitative estimate of drug-likeness (QED) is 0.679. The minimum Gasteiger partial charge on any atom is -0.346 e. The van der Waals surface area contributed by atoms with Crippen molar-refractivity contribution >= 4 is 0 Å². The summed E-state index contributed by atoms with van der Waals surface area (Å²) in [6.45, 7) is 4.28. The van der Waals surface area contributed by atoms with E-state index in [0.29, 0.717) is 0 Å². The predicted octanol–water partition coefficient (Wildman–Crippen LogP) is 1.92. The first-order valence-electron chi connectivity index (χ1n) is 3.89. The van der Waals surface area contributed by atoms with Crippen LogP contribution in [0.15, 0.2) is 6.20 Å². The Labute approximate surface area is 61.7 Å². The summed E-state index contributed by atoms with van der Waals surface area (Å²) in [5, 5.41) is 0. The number of rotatable bonds is 3. The Hall–Kier alpha value is -0.790. The maximum absolute atomic E-state index is 4.20. The SMILES string of the molecule is CCCc1cnc(CC)[nH]1. The summed E-state index contributed by atoms with van der Waals surface area (Å²) in [5.41, 5.74) is 1.26. The van der Waals surface area contributed by atoms with E-state index in [2.05, 4.69) is 23.8 Å². The number of aromatic amines is 1. The molecule has 2 heteroatoms. The molecular formula is C8H14N2. The molecule has 0 aliphatic heterocycles. The summed E-state index contributed by atoms with van der Waals surface area (Å²) in [4.78, 5) is 7.45. The van der Waals surface area contributed by atoms with Crippen molar-refractivity contribution in [3.63, 3.8) is 0 Å². The zero-order chi connectivity index (χ0) is 7.40. The van der Waals surface area contributed by atoms with Crippen molar-refractivity contribution < 1.29 is 0 Å². The number of nitrogens with zero attached hydrogens (tertiary/aromatic N) is 1. The lowest BCUT2D eigenvalue weighted by Crippen LogP contribution is -1.84. The number of aromatic nitrogens is 2. The highest BCUT2D eigenvalue weighted by atomic mass is 14.9. The summed E-state index contributed by atoms with van der Waals surface area (Å²) in [6, 6.07) is 0.